The fourth-order valence-electron chi connectivity index (χ4n) is 1.28. The third kappa shape index (κ3) is 3.78. The van der Waals surface area contributed by atoms with E-state index in [1.54, 1.807) is 0 Å². The molecule has 0 saturated carbocycles. The first-order valence-corrected chi connectivity index (χ1v) is 7.27. The van der Waals surface area contributed by atoms with Gasteiger partial charge in [-0.25, -0.2) is 0 Å². The average molecular weight is 385 g/mol. The van der Waals surface area contributed by atoms with Crippen LogP contribution < -0.4 is 5.63 Å². The van der Waals surface area contributed by atoms with Crippen molar-refractivity contribution in [3.8, 4) is 11.5 Å². The third-order valence-corrected chi connectivity index (χ3v) is 3.74. The van der Waals surface area contributed by atoms with Gasteiger partial charge in [-0.05, 0) is 0 Å². The van der Waals surface area contributed by atoms with E-state index in [0.717, 1.165) is 0 Å². The van der Waals surface area contributed by atoms with Crippen molar-refractivity contribution in [3.63, 3.8) is 0 Å². The van der Waals surface area contributed by atoms with Crippen LogP contribution in [-0.2, 0) is 24.1 Å². The molecule has 2 nitrogen and oxygen atoms in total. The van der Waals surface area contributed by atoms with Crippen molar-refractivity contribution in [2.75, 3.05) is 0 Å². The van der Waals surface area contributed by atoms with E-state index < -0.39 is 70.5 Å². The van der Waals surface area contributed by atoms with Crippen molar-refractivity contribution in [2.24, 2.45) is 0 Å². The second kappa shape index (κ2) is 6.51. The first-order valence-electron chi connectivity index (χ1n) is 5.26. The molecular formula is C12H4F6O2Zr. The zero-order valence-corrected chi connectivity index (χ0v) is 12.4. The molecule has 0 N–H and O–H groups in total. The summed E-state index contributed by atoms with van der Waals surface area (Å²) in [6.45, 7) is 0. The van der Waals surface area contributed by atoms with Gasteiger partial charge in [0.2, 0.25) is 0 Å². The van der Waals surface area contributed by atoms with E-state index >= 15 is 0 Å². The Bertz CT molecular complexity index is 622. The van der Waals surface area contributed by atoms with Gasteiger partial charge in [-0.15, -0.1) is 0 Å². The minimum absolute atomic E-state index is 0.280. The van der Waals surface area contributed by atoms with Crippen LogP contribution in [0.4, 0.5) is 26.3 Å². The summed E-state index contributed by atoms with van der Waals surface area (Å²) in [6, 6.07) is 1.50. The second-order valence-electron chi connectivity index (χ2n) is 3.68. The summed E-state index contributed by atoms with van der Waals surface area (Å²) >= 11 is -2.44. The van der Waals surface area contributed by atoms with Crippen LogP contribution in [0.2, 0.25) is 0 Å². The monoisotopic (exact) mass is 384 g/mol. The van der Waals surface area contributed by atoms with Gasteiger partial charge in [0.15, 0.2) is 0 Å². The topological polar surface area (TPSA) is 18.5 Å². The number of benzene rings is 2. The molecule has 0 atom stereocenters. The zero-order valence-electron chi connectivity index (χ0n) is 9.89. The standard InChI is InChI=1S/2C6H3F3O.Zr/c2*7-3-1-5(9)6(10)2-4(3)8;/h2*1-2,10H;/q;;+2/p-2. The molecule has 0 amide bonds. The van der Waals surface area contributed by atoms with Crippen LogP contribution in [0.25, 0.3) is 0 Å². The van der Waals surface area contributed by atoms with Gasteiger partial charge in [0.05, 0.1) is 0 Å². The van der Waals surface area contributed by atoms with E-state index in [1.165, 1.54) is 0 Å². The van der Waals surface area contributed by atoms with Gasteiger partial charge in [-0.1, -0.05) is 0 Å². The SMILES string of the molecule is Fc1cc(F)c([O][Zr][O]c2cc(F)c(F)cc2F)cc1F. The van der Waals surface area contributed by atoms with Crippen LogP contribution in [0.1, 0.15) is 0 Å². The number of hydrogen-bond acceptors (Lipinski definition) is 2. The van der Waals surface area contributed by atoms with Crippen molar-refractivity contribution >= 4 is 0 Å². The maximum absolute atomic E-state index is 13.2. The molecule has 2 aromatic rings. The van der Waals surface area contributed by atoms with Gasteiger partial charge in [0, 0.05) is 0 Å². The van der Waals surface area contributed by atoms with Gasteiger partial charge in [-0.3, -0.25) is 0 Å². The van der Waals surface area contributed by atoms with Gasteiger partial charge in [-0.2, -0.15) is 0 Å². The van der Waals surface area contributed by atoms with Crippen LogP contribution in [0, 0.1) is 34.9 Å². The summed E-state index contributed by atoms with van der Waals surface area (Å²) in [5, 5.41) is 0. The Balaban J connectivity index is 2.05. The molecule has 21 heavy (non-hydrogen) atoms. The zero-order chi connectivity index (χ0) is 15.6. The molecule has 0 aliphatic rings. The van der Waals surface area contributed by atoms with E-state index in [0.29, 0.717) is 12.1 Å². The molecule has 0 saturated heterocycles. The van der Waals surface area contributed by atoms with E-state index in [9.17, 15) is 26.3 Å². The molecule has 0 heterocycles. The summed E-state index contributed by atoms with van der Waals surface area (Å²) in [4.78, 5) is 0. The fraction of sp³-hybridized carbons (Fsp3) is 0. The van der Waals surface area contributed by atoms with E-state index in [-0.39, 0.29) is 12.1 Å². The first-order chi connectivity index (χ1) is 9.88. The van der Waals surface area contributed by atoms with Crippen molar-refractivity contribution in [1.29, 1.82) is 0 Å². The molecule has 110 valence electrons. The molecule has 2 aromatic carbocycles. The van der Waals surface area contributed by atoms with Crippen molar-refractivity contribution in [2.45, 2.75) is 0 Å². The average Bonchev–Trinajstić information content (AvgIpc) is 2.41. The van der Waals surface area contributed by atoms with Crippen LogP contribution in [-0.4, -0.2) is 0 Å². The number of hydrogen-bond donors (Lipinski definition) is 0. The minimum atomic E-state index is -2.44. The molecule has 0 fully saturated rings. The molecule has 0 aromatic heterocycles. The predicted molar refractivity (Wildman–Crippen MR) is 53.9 cm³/mol. The first kappa shape index (κ1) is 15.9. The fourth-order valence-corrected chi connectivity index (χ4v) is 2.59. The Morgan fingerprint density at radius 1 is 0.524 bits per heavy atom. The number of halogens is 6. The van der Waals surface area contributed by atoms with Crippen molar-refractivity contribution in [1.82, 2.24) is 0 Å². The second-order valence-corrected chi connectivity index (χ2v) is 5.09. The number of rotatable bonds is 4. The molecule has 0 spiro atoms. The van der Waals surface area contributed by atoms with Gasteiger partial charge in [0.25, 0.3) is 0 Å². The van der Waals surface area contributed by atoms with Gasteiger partial charge >= 0.3 is 127 Å². The molecule has 2 rings (SSSR count). The van der Waals surface area contributed by atoms with Crippen LogP contribution in [0.15, 0.2) is 24.3 Å². The Hall–Kier alpha value is -1.50. The molecule has 9 heteroatoms. The Labute approximate surface area is 127 Å². The Morgan fingerprint density at radius 2 is 0.857 bits per heavy atom. The van der Waals surface area contributed by atoms with E-state index in [2.05, 4.69) is 0 Å². The quantitative estimate of drug-likeness (QED) is 0.587. The normalized spacial score (nSPS) is 10.4. The molecule has 0 aliphatic carbocycles. The summed E-state index contributed by atoms with van der Waals surface area (Å²) in [5.74, 6) is -8.98. The van der Waals surface area contributed by atoms with Crippen LogP contribution >= 0.6 is 0 Å². The van der Waals surface area contributed by atoms with E-state index in [1.807, 2.05) is 0 Å². The summed E-state index contributed by atoms with van der Waals surface area (Å²) in [5.41, 5.74) is 0. The summed E-state index contributed by atoms with van der Waals surface area (Å²) in [6.07, 6.45) is 0. The molecule has 0 aliphatic heterocycles. The van der Waals surface area contributed by atoms with Crippen molar-refractivity contribution < 1.29 is 56.1 Å². The predicted octanol–water partition coefficient (Wildman–Crippen LogP) is 3.89. The Morgan fingerprint density at radius 3 is 1.24 bits per heavy atom. The third-order valence-electron chi connectivity index (χ3n) is 2.25. The van der Waals surface area contributed by atoms with E-state index in [4.69, 9.17) is 5.63 Å². The summed E-state index contributed by atoms with van der Waals surface area (Å²) in [7, 11) is 0. The maximum atomic E-state index is 13.2. The molecular weight excluding hydrogens is 381 g/mol. The van der Waals surface area contributed by atoms with Gasteiger partial charge < -0.3 is 0 Å². The molecule has 0 radical (unpaired) electrons. The molecule has 0 unspecified atom stereocenters. The summed E-state index contributed by atoms with van der Waals surface area (Å²) < 4.78 is 87.1. The molecule has 0 bridgehead atoms. The van der Waals surface area contributed by atoms with Crippen LogP contribution in [0.5, 0.6) is 11.5 Å². The van der Waals surface area contributed by atoms with Crippen molar-refractivity contribution in [3.05, 3.63) is 59.2 Å². The van der Waals surface area contributed by atoms with Gasteiger partial charge in [0.1, 0.15) is 0 Å². The Kier molecular flexibility index (Phi) is 4.93. The van der Waals surface area contributed by atoms with Crippen LogP contribution in [0.3, 0.4) is 0 Å².